The highest BCUT2D eigenvalue weighted by molar-refractivity contribution is 6.33. The molecule has 1 aromatic carbocycles. The minimum atomic E-state index is -0.364. The molecule has 0 spiro atoms. The van der Waals surface area contributed by atoms with E-state index < -0.39 is 0 Å². The zero-order valence-corrected chi connectivity index (χ0v) is 10.7. The van der Waals surface area contributed by atoms with Crippen LogP contribution in [0.3, 0.4) is 0 Å². The summed E-state index contributed by atoms with van der Waals surface area (Å²) in [7, 11) is 0. The van der Waals surface area contributed by atoms with Gasteiger partial charge in [0.05, 0.1) is 17.3 Å². The largest absolute Gasteiger partial charge is 0.409 e. The predicted octanol–water partition coefficient (Wildman–Crippen LogP) is 1.94. The Morgan fingerprint density at radius 2 is 2.22 bits per heavy atom. The van der Waals surface area contributed by atoms with Crippen LogP contribution < -0.4 is 11.1 Å². The summed E-state index contributed by atoms with van der Waals surface area (Å²) in [6.07, 6.45) is 0. The van der Waals surface area contributed by atoms with Crippen molar-refractivity contribution in [1.82, 2.24) is 4.90 Å². The maximum absolute atomic E-state index is 11.9. The average molecular weight is 271 g/mol. The standard InChI is InChI=1S/C11H15ClN4O2/c1-2-16(7-10(13)15-18)11(17)14-9-6-4-3-5-8(9)12/h3-6,18H,2,7H2,1H3,(H2,13,15)(H,14,17). The number of nitrogens with two attached hydrogens (primary N) is 1. The van der Waals surface area contributed by atoms with Gasteiger partial charge in [-0.3, -0.25) is 0 Å². The van der Waals surface area contributed by atoms with Gasteiger partial charge in [-0.15, -0.1) is 0 Å². The molecule has 98 valence electrons. The number of hydrogen-bond donors (Lipinski definition) is 3. The van der Waals surface area contributed by atoms with Gasteiger partial charge in [0.1, 0.15) is 0 Å². The third kappa shape index (κ3) is 3.81. The van der Waals surface area contributed by atoms with Gasteiger partial charge in [0, 0.05) is 6.54 Å². The number of oxime groups is 1. The molecule has 1 rings (SSSR count). The van der Waals surface area contributed by atoms with Gasteiger partial charge in [-0.25, -0.2) is 4.79 Å². The van der Waals surface area contributed by atoms with Gasteiger partial charge in [0.25, 0.3) is 0 Å². The van der Waals surface area contributed by atoms with E-state index in [1.807, 2.05) is 0 Å². The van der Waals surface area contributed by atoms with Crippen LogP contribution in [0.25, 0.3) is 0 Å². The fourth-order valence-corrected chi connectivity index (χ4v) is 1.49. The van der Waals surface area contributed by atoms with Gasteiger partial charge < -0.3 is 21.2 Å². The zero-order chi connectivity index (χ0) is 13.5. The highest BCUT2D eigenvalue weighted by Gasteiger charge is 2.14. The van der Waals surface area contributed by atoms with E-state index >= 15 is 0 Å². The second kappa shape index (κ2) is 6.70. The Kier molecular flexibility index (Phi) is 5.26. The van der Waals surface area contributed by atoms with E-state index in [1.54, 1.807) is 31.2 Å². The van der Waals surface area contributed by atoms with Gasteiger partial charge in [-0.05, 0) is 19.1 Å². The van der Waals surface area contributed by atoms with Crippen LogP contribution in [0, 0.1) is 0 Å². The lowest BCUT2D eigenvalue weighted by molar-refractivity contribution is 0.220. The first-order valence-electron chi connectivity index (χ1n) is 5.35. The van der Waals surface area contributed by atoms with Crippen LogP contribution in [0.2, 0.25) is 5.02 Å². The number of nitrogens with one attached hydrogen (secondary N) is 1. The third-order valence-corrected chi connectivity index (χ3v) is 2.60. The topological polar surface area (TPSA) is 90.9 Å². The summed E-state index contributed by atoms with van der Waals surface area (Å²) >= 11 is 5.93. The summed E-state index contributed by atoms with van der Waals surface area (Å²) < 4.78 is 0. The van der Waals surface area contributed by atoms with Crippen LogP contribution in [-0.4, -0.2) is 35.1 Å². The number of nitrogens with zero attached hydrogens (tertiary/aromatic N) is 2. The van der Waals surface area contributed by atoms with E-state index in [1.165, 1.54) is 4.90 Å². The highest BCUT2D eigenvalue weighted by Crippen LogP contribution is 2.20. The first kappa shape index (κ1) is 14.1. The van der Waals surface area contributed by atoms with Crippen molar-refractivity contribution in [2.24, 2.45) is 10.9 Å². The molecule has 18 heavy (non-hydrogen) atoms. The fourth-order valence-electron chi connectivity index (χ4n) is 1.31. The molecule has 0 aliphatic heterocycles. The molecule has 0 unspecified atom stereocenters. The third-order valence-electron chi connectivity index (χ3n) is 2.27. The van der Waals surface area contributed by atoms with Crippen LogP contribution in [-0.2, 0) is 0 Å². The summed E-state index contributed by atoms with van der Waals surface area (Å²) in [6, 6.07) is 6.54. The maximum Gasteiger partial charge on any atom is 0.322 e. The molecule has 1 aromatic rings. The van der Waals surface area contributed by atoms with Crippen LogP contribution in [0.1, 0.15) is 6.92 Å². The van der Waals surface area contributed by atoms with E-state index in [0.717, 1.165) is 0 Å². The smallest absolute Gasteiger partial charge is 0.322 e. The summed E-state index contributed by atoms with van der Waals surface area (Å²) in [5, 5.41) is 14.4. The lowest BCUT2D eigenvalue weighted by Gasteiger charge is -2.20. The number of para-hydroxylation sites is 1. The van der Waals surface area contributed by atoms with Gasteiger partial charge in [-0.1, -0.05) is 28.9 Å². The zero-order valence-electron chi connectivity index (χ0n) is 9.93. The number of carbonyl (C=O) groups is 1. The fraction of sp³-hybridized carbons (Fsp3) is 0.273. The van der Waals surface area contributed by atoms with Gasteiger partial charge in [0.2, 0.25) is 0 Å². The number of rotatable bonds is 4. The Labute approximate surface area is 110 Å². The van der Waals surface area contributed by atoms with Crippen LogP contribution in [0.4, 0.5) is 10.5 Å². The molecule has 2 amide bonds. The number of anilines is 1. The number of halogens is 1. The molecule has 7 heteroatoms. The molecule has 0 fully saturated rings. The molecule has 0 aromatic heterocycles. The first-order valence-corrected chi connectivity index (χ1v) is 5.73. The number of urea groups is 1. The Morgan fingerprint density at radius 3 is 2.78 bits per heavy atom. The number of benzene rings is 1. The van der Waals surface area contributed by atoms with Crippen molar-refractivity contribution in [2.75, 3.05) is 18.4 Å². The van der Waals surface area contributed by atoms with E-state index in [-0.39, 0.29) is 18.4 Å². The molecule has 0 saturated carbocycles. The molecule has 4 N–H and O–H groups in total. The molecule has 6 nitrogen and oxygen atoms in total. The van der Waals surface area contributed by atoms with Crippen molar-refractivity contribution >= 4 is 29.2 Å². The average Bonchev–Trinajstić information content (AvgIpc) is 2.38. The minimum absolute atomic E-state index is 0.0360. The van der Waals surface area contributed by atoms with Crippen molar-refractivity contribution < 1.29 is 10.0 Å². The van der Waals surface area contributed by atoms with Gasteiger partial charge in [0.15, 0.2) is 5.84 Å². The van der Waals surface area contributed by atoms with Crippen molar-refractivity contribution in [2.45, 2.75) is 6.92 Å². The van der Waals surface area contributed by atoms with Crippen LogP contribution >= 0.6 is 11.6 Å². The quantitative estimate of drug-likeness (QED) is 0.338. The summed E-state index contributed by atoms with van der Waals surface area (Å²) in [5.41, 5.74) is 5.88. The molecule has 0 heterocycles. The molecule has 0 bridgehead atoms. The van der Waals surface area contributed by atoms with E-state index in [4.69, 9.17) is 22.5 Å². The molecule has 0 saturated heterocycles. The molecular formula is C11H15ClN4O2. The highest BCUT2D eigenvalue weighted by atomic mass is 35.5. The van der Waals surface area contributed by atoms with Crippen LogP contribution in [0.5, 0.6) is 0 Å². The Hall–Kier alpha value is -1.95. The number of amides is 2. The molecule has 0 aliphatic rings. The Balaban J connectivity index is 2.71. The Bertz CT molecular complexity index is 450. The summed E-state index contributed by atoms with van der Waals surface area (Å²) in [4.78, 5) is 13.3. The number of carbonyl (C=O) groups excluding carboxylic acids is 1. The molecule has 0 atom stereocenters. The number of amidine groups is 1. The van der Waals surface area contributed by atoms with Crippen molar-refractivity contribution in [3.8, 4) is 0 Å². The lowest BCUT2D eigenvalue weighted by Crippen LogP contribution is -2.40. The minimum Gasteiger partial charge on any atom is -0.409 e. The summed E-state index contributed by atoms with van der Waals surface area (Å²) in [5.74, 6) is -0.0360. The molecule has 0 aliphatic carbocycles. The van der Waals surface area contributed by atoms with Gasteiger partial charge >= 0.3 is 6.03 Å². The van der Waals surface area contributed by atoms with E-state index in [0.29, 0.717) is 17.3 Å². The predicted molar refractivity (Wildman–Crippen MR) is 71.1 cm³/mol. The number of hydrogen-bond acceptors (Lipinski definition) is 3. The molecule has 0 radical (unpaired) electrons. The molecular weight excluding hydrogens is 256 g/mol. The van der Waals surface area contributed by atoms with Crippen LogP contribution in [0.15, 0.2) is 29.4 Å². The second-order valence-corrected chi connectivity index (χ2v) is 3.92. The Morgan fingerprint density at radius 1 is 1.56 bits per heavy atom. The van der Waals surface area contributed by atoms with Crippen molar-refractivity contribution in [3.05, 3.63) is 29.3 Å². The van der Waals surface area contributed by atoms with Crippen molar-refractivity contribution in [1.29, 1.82) is 0 Å². The van der Waals surface area contributed by atoms with Gasteiger partial charge in [-0.2, -0.15) is 0 Å². The lowest BCUT2D eigenvalue weighted by atomic mass is 10.3. The normalized spacial score (nSPS) is 11.1. The SMILES string of the molecule is CCN(CC(N)=NO)C(=O)Nc1ccccc1Cl. The van der Waals surface area contributed by atoms with E-state index in [9.17, 15) is 4.79 Å². The monoisotopic (exact) mass is 270 g/mol. The summed E-state index contributed by atoms with van der Waals surface area (Å²) in [6.45, 7) is 2.26. The van der Waals surface area contributed by atoms with Crippen molar-refractivity contribution in [3.63, 3.8) is 0 Å². The maximum atomic E-state index is 11.9. The first-order chi connectivity index (χ1) is 8.58. The second-order valence-electron chi connectivity index (χ2n) is 3.52. The number of likely N-dealkylation sites (N-methyl/N-ethyl adjacent to an activating group) is 1. The van der Waals surface area contributed by atoms with E-state index in [2.05, 4.69) is 10.5 Å².